The maximum absolute atomic E-state index is 10.9. The molecule has 1 aromatic carbocycles. The number of benzene rings is 1. The smallest absolute Gasteiger partial charge is 0.328 e. The van der Waals surface area contributed by atoms with Crippen LogP contribution in [-0.4, -0.2) is 11.1 Å². The summed E-state index contributed by atoms with van der Waals surface area (Å²) in [4.78, 5) is 10.9. The van der Waals surface area contributed by atoms with Crippen molar-refractivity contribution in [1.82, 2.24) is 0 Å². The molecule has 0 aliphatic heterocycles. The lowest BCUT2D eigenvalue weighted by atomic mass is 9.92. The summed E-state index contributed by atoms with van der Waals surface area (Å²) in [5.74, 6) is -1.03. The average molecular weight is 205 g/mol. The molecule has 0 amide bonds. The first kappa shape index (κ1) is 11.5. The van der Waals surface area contributed by atoms with Gasteiger partial charge < -0.3 is 10.8 Å². The lowest BCUT2D eigenvalue weighted by Gasteiger charge is -2.19. The Morgan fingerprint density at radius 3 is 2.47 bits per heavy atom. The molecule has 3 heteroatoms. The van der Waals surface area contributed by atoms with Crippen molar-refractivity contribution in [3.05, 3.63) is 48.0 Å². The second-order valence-corrected chi connectivity index (χ2v) is 3.70. The molecular formula is C12H15NO2. The predicted octanol–water partition coefficient (Wildman–Crippen LogP) is 1.67. The van der Waals surface area contributed by atoms with Gasteiger partial charge in [-0.15, -0.1) is 6.58 Å². The third-order valence-corrected chi connectivity index (χ3v) is 2.38. The quantitative estimate of drug-likeness (QED) is 0.735. The minimum atomic E-state index is -1.33. The summed E-state index contributed by atoms with van der Waals surface area (Å²) in [5, 5.41) is 8.93. The van der Waals surface area contributed by atoms with Gasteiger partial charge in [0.1, 0.15) is 5.54 Å². The van der Waals surface area contributed by atoms with E-state index in [9.17, 15) is 4.79 Å². The Balaban J connectivity index is 2.98. The van der Waals surface area contributed by atoms with Crippen molar-refractivity contribution in [1.29, 1.82) is 0 Å². The second-order valence-electron chi connectivity index (χ2n) is 3.70. The molecule has 0 bridgehead atoms. The first-order valence-electron chi connectivity index (χ1n) is 4.71. The molecule has 0 saturated carbocycles. The van der Waals surface area contributed by atoms with Crippen LogP contribution in [0.5, 0.6) is 0 Å². The molecule has 0 aliphatic carbocycles. The van der Waals surface area contributed by atoms with Gasteiger partial charge in [-0.05, 0) is 24.5 Å². The first-order valence-corrected chi connectivity index (χ1v) is 4.71. The number of aliphatic carboxylic acids is 1. The molecule has 0 saturated heterocycles. The SMILES string of the molecule is C=CCc1ccc(C(C)(N)C(=O)O)cc1. The largest absolute Gasteiger partial charge is 0.480 e. The van der Waals surface area contributed by atoms with Crippen molar-refractivity contribution in [3.63, 3.8) is 0 Å². The van der Waals surface area contributed by atoms with Crippen molar-refractivity contribution in [2.24, 2.45) is 5.73 Å². The highest BCUT2D eigenvalue weighted by Crippen LogP contribution is 2.18. The van der Waals surface area contributed by atoms with Gasteiger partial charge in [-0.2, -0.15) is 0 Å². The molecule has 1 rings (SSSR count). The molecule has 15 heavy (non-hydrogen) atoms. The molecule has 80 valence electrons. The summed E-state index contributed by atoms with van der Waals surface area (Å²) in [7, 11) is 0. The topological polar surface area (TPSA) is 63.3 Å². The van der Waals surface area contributed by atoms with Crippen molar-refractivity contribution >= 4 is 5.97 Å². The minimum Gasteiger partial charge on any atom is -0.480 e. The number of hydrogen-bond donors (Lipinski definition) is 2. The Morgan fingerprint density at radius 2 is 2.07 bits per heavy atom. The summed E-state index contributed by atoms with van der Waals surface area (Å²) in [6, 6.07) is 7.22. The zero-order valence-corrected chi connectivity index (χ0v) is 8.73. The van der Waals surface area contributed by atoms with Gasteiger partial charge in [0.05, 0.1) is 0 Å². The van der Waals surface area contributed by atoms with E-state index in [1.165, 1.54) is 6.92 Å². The highest BCUT2D eigenvalue weighted by atomic mass is 16.4. The number of nitrogens with two attached hydrogens (primary N) is 1. The molecule has 1 atom stereocenters. The Hall–Kier alpha value is -1.61. The van der Waals surface area contributed by atoms with Crippen LogP contribution < -0.4 is 5.73 Å². The highest BCUT2D eigenvalue weighted by molar-refractivity contribution is 5.79. The van der Waals surface area contributed by atoms with Crippen LogP contribution in [0.3, 0.4) is 0 Å². The van der Waals surface area contributed by atoms with Crippen LogP contribution in [-0.2, 0) is 16.8 Å². The van der Waals surface area contributed by atoms with Gasteiger partial charge >= 0.3 is 5.97 Å². The van der Waals surface area contributed by atoms with Crippen molar-refractivity contribution in [2.45, 2.75) is 18.9 Å². The zero-order valence-electron chi connectivity index (χ0n) is 8.73. The molecule has 0 aromatic heterocycles. The normalized spacial score (nSPS) is 14.3. The molecule has 1 aromatic rings. The van der Waals surface area contributed by atoms with Crippen molar-refractivity contribution < 1.29 is 9.90 Å². The third kappa shape index (κ3) is 2.44. The van der Waals surface area contributed by atoms with Gasteiger partial charge in [0, 0.05) is 0 Å². The number of hydrogen-bond acceptors (Lipinski definition) is 2. The lowest BCUT2D eigenvalue weighted by molar-refractivity contribution is -0.143. The second kappa shape index (κ2) is 4.28. The molecular weight excluding hydrogens is 190 g/mol. The Kier molecular flexibility index (Phi) is 3.27. The van der Waals surface area contributed by atoms with Crippen molar-refractivity contribution in [3.8, 4) is 0 Å². The van der Waals surface area contributed by atoms with E-state index < -0.39 is 11.5 Å². The Bertz CT molecular complexity index is 366. The molecule has 0 fully saturated rings. The first-order chi connectivity index (χ1) is 6.98. The minimum absolute atomic E-state index is 0.600. The van der Waals surface area contributed by atoms with Crippen LogP contribution in [0.15, 0.2) is 36.9 Å². The van der Waals surface area contributed by atoms with E-state index >= 15 is 0 Å². The summed E-state index contributed by atoms with van der Waals surface area (Å²) in [5.41, 5.74) is 6.05. The number of carboxylic acids is 1. The summed E-state index contributed by atoms with van der Waals surface area (Å²) < 4.78 is 0. The fourth-order valence-corrected chi connectivity index (χ4v) is 1.28. The third-order valence-electron chi connectivity index (χ3n) is 2.38. The number of rotatable bonds is 4. The maximum Gasteiger partial charge on any atom is 0.328 e. The molecule has 0 heterocycles. The molecule has 3 N–H and O–H groups in total. The van der Waals surface area contributed by atoms with Gasteiger partial charge in [0.15, 0.2) is 0 Å². The summed E-state index contributed by atoms with van der Waals surface area (Å²) in [6.07, 6.45) is 2.57. The van der Waals surface area contributed by atoms with E-state index in [-0.39, 0.29) is 0 Å². The Morgan fingerprint density at radius 1 is 1.53 bits per heavy atom. The van der Waals surface area contributed by atoms with E-state index in [4.69, 9.17) is 10.8 Å². The molecule has 0 spiro atoms. The monoisotopic (exact) mass is 205 g/mol. The van der Waals surface area contributed by atoms with E-state index in [1.54, 1.807) is 18.2 Å². The van der Waals surface area contributed by atoms with Gasteiger partial charge in [-0.25, -0.2) is 4.79 Å². The van der Waals surface area contributed by atoms with Gasteiger partial charge in [0.2, 0.25) is 0 Å². The van der Waals surface area contributed by atoms with Gasteiger partial charge in [-0.3, -0.25) is 0 Å². The van der Waals surface area contributed by atoms with Crippen LogP contribution in [0, 0.1) is 0 Å². The van der Waals surface area contributed by atoms with Crippen LogP contribution in [0.4, 0.5) is 0 Å². The number of carbonyl (C=O) groups is 1. The fraction of sp³-hybridized carbons (Fsp3) is 0.250. The van der Waals surface area contributed by atoms with Crippen LogP contribution in [0.2, 0.25) is 0 Å². The predicted molar refractivity (Wildman–Crippen MR) is 59.5 cm³/mol. The summed E-state index contributed by atoms with van der Waals surface area (Å²) >= 11 is 0. The zero-order chi connectivity index (χ0) is 11.5. The van der Waals surface area contributed by atoms with E-state index in [0.29, 0.717) is 5.56 Å². The van der Waals surface area contributed by atoms with Crippen LogP contribution >= 0.6 is 0 Å². The summed E-state index contributed by atoms with van der Waals surface area (Å²) in [6.45, 7) is 5.12. The average Bonchev–Trinajstić information content (AvgIpc) is 2.19. The fourth-order valence-electron chi connectivity index (χ4n) is 1.28. The van der Waals surface area contributed by atoms with E-state index in [2.05, 4.69) is 6.58 Å². The van der Waals surface area contributed by atoms with Crippen molar-refractivity contribution in [2.75, 3.05) is 0 Å². The highest BCUT2D eigenvalue weighted by Gasteiger charge is 2.29. The Labute approximate surface area is 89.2 Å². The molecule has 0 radical (unpaired) electrons. The van der Waals surface area contributed by atoms with Gasteiger partial charge in [0.25, 0.3) is 0 Å². The lowest BCUT2D eigenvalue weighted by Crippen LogP contribution is -2.41. The maximum atomic E-state index is 10.9. The number of carboxylic acid groups (broad SMARTS) is 1. The standard InChI is InChI=1S/C12H15NO2/c1-3-4-9-5-7-10(8-6-9)12(2,13)11(14)15/h3,5-8H,1,4,13H2,2H3,(H,14,15). The molecule has 0 aliphatic rings. The van der Waals surface area contributed by atoms with Crippen LogP contribution in [0.25, 0.3) is 0 Å². The molecule has 1 unspecified atom stereocenters. The van der Waals surface area contributed by atoms with Crippen LogP contribution in [0.1, 0.15) is 18.1 Å². The molecule has 3 nitrogen and oxygen atoms in total. The van der Waals surface area contributed by atoms with E-state index in [1.807, 2.05) is 12.1 Å². The van der Waals surface area contributed by atoms with E-state index in [0.717, 1.165) is 12.0 Å². The van der Waals surface area contributed by atoms with Gasteiger partial charge in [-0.1, -0.05) is 30.3 Å². The number of allylic oxidation sites excluding steroid dienone is 1.